The van der Waals surface area contributed by atoms with Crippen molar-refractivity contribution in [3.05, 3.63) is 47.0 Å². The lowest BCUT2D eigenvalue weighted by Gasteiger charge is -2.48. The van der Waals surface area contributed by atoms with Crippen LogP contribution in [0.1, 0.15) is 32.8 Å². The highest BCUT2D eigenvalue weighted by Crippen LogP contribution is 2.52. The SMILES string of the molecule is CC(CO)=C1CC(COCc2ccccc2)C1(C)C. The number of ether oxygens (including phenoxy) is 1. The zero-order valence-corrected chi connectivity index (χ0v) is 12.1. The Morgan fingerprint density at radius 3 is 2.58 bits per heavy atom. The monoisotopic (exact) mass is 260 g/mol. The van der Waals surface area contributed by atoms with Crippen molar-refractivity contribution >= 4 is 0 Å². The number of aliphatic hydroxyl groups excluding tert-OH is 1. The molecule has 2 rings (SSSR count). The van der Waals surface area contributed by atoms with Gasteiger partial charge in [0.1, 0.15) is 0 Å². The van der Waals surface area contributed by atoms with Crippen LogP contribution in [-0.4, -0.2) is 18.3 Å². The van der Waals surface area contributed by atoms with Gasteiger partial charge in [-0.05, 0) is 35.8 Å². The molecule has 0 saturated heterocycles. The second-order valence-corrected chi connectivity index (χ2v) is 6.04. The first-order valence-corrected chi connectivity index (χ1v) is 6.97. The highest BCUT2D eigenvalue weighted by atomic mass is 16.5. The van der Waals surface area contributed by atoms with Crippen LogP contribution in [0.5, 0.6) is 0 Å². The first-order valence-electron chi connectivity index (χ1n) is 6.97. The Kier molecular flexibility index (Phi) is 4.43. The summed E-state index contributed by atoms with van der Waals surface area (Å²) in [4.78, 5) is 0. The molecule has 2 nitrogen and oxygen atoms in total. The molecule has 1 unspecified atom stereocenters. The topological polar surface area (TPSA) is 29.5 Å². The molecule has 0 aliphatic heterocycles. The van der Waals surface area contributed by atoms with E-state index in [4.69, 9.17) is 4.74 Å². The summed E-state index contributed by atoms with van der Waals surface area (Å²) >= 11 is 0. The number of rotatable bonds is 5. The van der Waals surface area contributed by atoms with E-state index in [-0.39, 0.29) is 12.0 Å². The van der Waals surface area contributed by atoms with Crippen molar-refractivity contribution in [3.8, 4) is 0 Å². The fraction of sp³-hybridized carbons (Fsp3) is 0.529. The van der Waals surface area contributed by atoms with Crippen LogP contribution in [0.15, 0.2) is 41.5 Å². The van der Waals surface area contributed by atoms with Gasteiger partial charge in [0.2, 0.25) is 0 Å². The van der Waals surface area contributed by atoms with E-state index in [1.165, 1.54) is 11.1 Å². The molecule has 0 amide bonds. The second kappa shape index (κ2) is 5.89. The van der Waals surface area contributed by atoms with E-state index < -0.39 is 0 Å². The van der Waals surface area contributed by atoms with E-state index in [1.54, 1.807) is 0 Å². The predicted octanol–water partition coefficient (Wildman–Crippen LogP) is 3.56. The third kappa shape index (κ3) is 3.07. The smallest absolute Gasteiger partial charge is 0.0717 e. The number of aliphatic hydroxyl groups is 1. The van der Waals surface area contributed by atoms with Gasteiger partial charge in [0, 0.05) is 0 Å². The van der Waals surface area contributed by atoms with E-state index >= 15 is 0 Å². The molecule has 0 spiro atoms. The third-order valence-electron chi connectivity index (χ3n) is 4.43. The summed E-state index contributed by atoms with van der Waals surface area (Å²) in [6, 6.07) is 10.3. The van der Waals surface area contributed by atoms with Gasteiger partial charge in [0.05, 0.1) is 19.8 Å². The van der Waals surface area contributed by atoms with Crippen molar-refractivity contribution in [2.75, 3.05) is 13.2 Å². The Hall–Kier alpha value is -1.12. The molecule has 2 heteroatoms. The van der Waals surface area contributed by atoms with Gasteiger partial charge in [-0.3, -0.25) is 0 Å². The Labute approximate surface area is 116 Å². The first kappa shape index (κ1) is 14.3. The number of hydrogen-bond donors (Lipinski definition) is 1. The molecule has 0 radical (unpaired) electrons. The van der Waals surface area contributed by atoms with Crippen molar-refractivity contribution in [3.63, 3.8) is 0 Å². The molecule has 1 atom stereocenters. The molecule has 1 aromatic carbocycles. The zero-order chi connectivity index (χ0) is 13.9. The second-order valence-electron chi connectivity index (χ2n) is 6.04. The van der Waals surface area contributed by atoms with Crippen molar-refractivity contribution < 1.29 is 9.84 Å². The highest BCUT2D eigenvalue weighted by Gasteiger charge is 2.44. The minimum atomic E-state index is 0.170. The van der Waals surface area contributed by atoms with Crippen LogP contribution < -0.4 is 0 Å². The van der Waals surface area contributed by atoms with Crippen LogP contribution in [0.3, 0.4) is 0 Å². The van der Waals surface area contributed by atoms with Gasteiger partial charge in [0.15, 0.2) is 0 Å². The Morgan fingerprint density at radius 2 is 2.00 bits per heavy atom. The quantitative estimate of drug-likeness (QED) is 0.820. The van der Waals surface area contributed by atoms with Gasteiger partial charge in [-0.2, -0.15) is 0 Å². The van der Waals surface area contributed by atoms with E-state index in [0.717, 1.165) is 18.6 Å². The van der Waals surface area contributed by atoms with Gasteiger partial charge in [-0.15, -0.1) is 0 Å². The molecular weight excluding hydrogens is 236 g/mol. The van der Waals surface area contributed by atoms with Crippen LogP contribution in [0.25, 0.3) is 0 Å². The maximum atomic E-state index is 9.22. The van der Waals surface area contributed by atoms with Crippen molar-refractivity contribution in [2.24, 2.45) is 11.3 Å². The van der Waals surface area contributed by atoms with E-state index in [0.29, 0.717) is 12.5 Å². The van der Waals surface area contributed by atoms with Crippen LogP contribution in [0.4, 0.5) is 0 Å². The summed E-state index contributed by atoms with van der Waals surface area (Å²) in [6.45, 7) is 8.19. The minimum Gasteiger partial charge on any atom is -0.392 e. The molecule has 0 aromatic heterocycles. The largest absolute Gasteiger partial charge is 0.392 e. The third-order valence-corrected chi connectivity index (χ3v) is 4.43. The first-order chi connectivity index (χ1) is 9.05. The minimum absolute atomic E-state index is 0.170. The normalized spacial score (nSPS) is 23.9. The lowest BCUT2D eigenvalue weighted by atomic mass is 9.58. The van der Waals surface area contributed by atoms with E-state index in [1.807, 2.05) is 25.1 Å². The number of benzene rings is 1. The summed E-state index contributed by atoms with van der Waals surface area (Å²) in [5.74, 6) is 0.563. The molecular formula is C17H24O2. The van der Waals surface area contributed by atoms with Crippen LogP contribution in [0, 0.1) is 11.3 Å². The Balaban J connectivity index is 1.83. The lowest BCUT2D eigenvalue weighted by Crippen LogP contribution is -2.41. The Bertz CT molecular complexity index is 446. The highest BCUT2D eigenvalue weighted by molar-refractivity contribution is 5.29. The van der Waals surface area contributed by atoms with Gasteiger partial charge in [-0.1, -0.05) is 49.8 Å². The van der Waals surface area contributed by atoms with E-state index in [9.17, 15) is 5.11 Å². The summed E-state index contributed by atoms with van der Waals surface area (Å²) < 4.78 is 5.84. The summed E-state index contributed by atoms with van der Waals surface area (Å²) in [5, 5.41) is 9.22. The molecule has 1 aromatic rings. The fourth-order valence-electron chi connectivity index (χ4n) is 2.86. The molecule has 19 heavy (non-hydrogen) atoms. The van der Waals surface area contributed by atoms with E-state index in [2.05, 4.69) is 26.0 Å². The standard InChI is InChI=1S/C17H24O2/c1-13(10-18)16-9-15(17(16,2)3)12-19-11-14-7-5-4-6-8-14/h4-8,15,18H,9-12H2,1-3H3. The average Bonchev–Trinajstić information content (AvgIpc) is 2.42. The van der Waals surface area contributed by atoms with Crippen LogP contribution in [-0.2, 0) is 11.3 Å². The van der Waals surface area contributed by atoms with Gasteiger partial charge < -0.3 is 9.84 Å². The molecule has 1 aliphatic carbocycles. The van der Waals surface area contributed by atoms with Gasteiger partial charge in [-0.25, -0.2) is 0 Å². The predicted molar refractivity (Wildman–Crippen MR) is 77.8 cm³/mol. The Morgan fingerprint density at radius 1 is 1.32 bits per heavy atom. The van der Waals surface area contributed by atoms with Crippen LogP contribution >= 0.6 is 0 Å². The molecule has 0 heterocycles. The molecule has 104 valence electrons. The van der Waals surface area contributed by atoms with Crippen molar-refractivity contribution in [1.82, 2.24) is 0 Å². The van der Waals surface area contributed by atoms with Crippen molar-refractivity contribution in [2.45, 2.75) is 33.8 Å². The molecule has 1 fully saturated rings. The summed E-state index contributed by atoms with van der Waals surface area (Å²) in [5.41, 5.74) is 3.93. The molecule has 1 aliphatic rings. The van der Waals surface area contributed by atoms with Gasteiger partial charge in [0.25, 0.3) is 0 Å². The molecule has 1 saturated carbocycles. The fourth-order valence-corrected chi connectivity index (χ4v) is 2.86. The van der Waals surface area contributed by atoms with Gasteiger partial charge >= 0.3 is 0 Å². The molecule has 0 bridgehead atoms. The van der Waals surface area contributed by atoms with Crippen LogP contribution in [0.2, 0.25) is 0 Å². The average molecular weight is 260 g/mol. The summed E-state index contributed by atoms with van der Waals surface area (Å²) in [6.07, 6.45) is 1.06. The zero-order valence-electron chi connectivity index (χ0n) is 12.1. The molecule has 1 N–H and O–H groups in total. The summed E-state index contributed by atoms with van der Waals surface area (Å²) in [7, 11) is 0. The maximum absolute atomic E-state index is 9.22. The lowest BCUT2D eigenvalue weighted by molar-refractivity contribution is 0.0182. The number of allylic oxidation sites excluding steroid dienone is 1. The number of hydrogen-bond acceptors (Lipinski definition) is 2. The maximum Gasteiger partial charge on any atom is 0.0717 e. The van der Waals surface area contributed by atoms with Crippen molar-refractivity contribution in [1.29, 1.82) is 0 Å².